The summed E-state index contributed by atoms with van der Waals surface area (Å²) in [5.74, 6) is 1.73. The maximum atomic E-state index is 5.94. The van der Waals surface area contributed by atoms with Gasteiger partial charge in [-0.15, -0.1) is 0 Å². The lowest BCUT2D eigenvalue weighted by atomic mass is 9.79. The summed E-state index contributed by atoms with van der Waals surface area (Å²) in [6.45, 7) is 0. The largest absolute Gasteiger partial charge is 0.457 e. The first-order valence-electron chi connectivity index (χ1n) is 7.44. The van der Waals surface area contributed by atoms with Gasteiger partial charge in [0.25, 0.3) is 0 Å². The van der Waals surface area contributed by atoms with Gasteiger partial charge in [0.15, 0.2) is 0 Å². The first-order valence-corrected chi connectivity index (χ1v) is 8.23. The maximum absolute atomic E-state index is 5.94. The molecule has 1 aliphatic carbocycles. The molecule has 0 bridgehead atoms. The Kier molecular flexibility index (Phi) is 3.43. The summed E-state index contributed by atoms with van der Waals surface area (Å²) in [5.41, 5.74) is 5.09. The molecule has 0 amide bonds. The van der Waals surface area contributed by atoms with Gasteiger partial charge in [0, 0.05) is 0 Å². The number of fused-ring (bicyclic) bond motifs is 2. The third kappa shape index (κ3) is 2.42. The highest BCUT2D eigenvalue weighted by Gasteiger charge is 2.40. The Morgan fingerprint density at radius 1 is 1.09 bits per heavy atom. The predicted octanol–water partition coefficient (Wildman–Crippen LogP) is 4.78. The van der Waals surface area contributed by atoms with Gasteiger partial charge >= 0.3 is 0 Å². The minimum absolute atomic E-state index is 0.350. The van der Waals surface area contributed by atoms with Gasteiger partial charge in [0.1, 0.15) is 21.7 Å². The summed E-state index contributed by atoms with van der Waals surface area (Å²) in [6, 6.07) is 16.1. The van der Waals surface area contributed by atoms with Crippen LogP contribution >= 0.6 is 15.9 Å². The van der Waals surface area contributed by atoms with Crippen LogP contribution in [0.4, 0.5) is 0 Å². The van der Waals surface area contributed by atoms with Crippen LogP contribution in [0.25, 0.3) is 0 Å². The number of hydroxylamine groups is 1. The van der Waals surface area contributed by atoms with E-state index in [1.54, 1.807) is 0 Å². The second-order valence-electron chi connectivity index (χ2n) is 5.67. The van der Waals surface area contributed by atoms with E-state index in [4.69, 9.17) is 9.57 Å². The summed E-state index contributed by atoms with van der Waals surface area (Å²) in [6.07, 6.45) is 5.25. The van der Waals surface area contributed by atoms with Gasteiger partial charge in [-0.1, -0.05) is 24.3 Å². The van der Waals surface area contributed by atoms with Crippen molar-refractivity contribution in [2.45, 2.75) is 24.9 Å². The van der Waals surface area contributed by atoms with Crippen molar-refractivity contribution in [2.24, 2.45) is 0 Å². The molecule has 0 radical (unpaired) electrons. The molecule has 1 heterocycles. The van der Waals surface area contributed by atoms with Crippen molar-refractivity contribution in [3.63, 3.8) is 0 Å². The van der Waals surface area contributed by atoms with Gasteiger partial charge in [-0.3, -0.25) is 10.3 Å². The summed E-state index contributed by atoms with van der Waals surface area (Å²) in [4.78, 5) is 5.85. The van der Waals surface area contributed by atoms with Gasteiger partial charge in [-0.2, -0.15) is 0 Å². The fourth-order valence-corrected chi connectivity index (χ4v) is 3.66. The van der Waals surface area contributed by atoms with Crippen molar-refractivity contribution in [3.05, 3.63) is 70.3 Å². The normalized spacial score (nSPS) is 22.9. The second kappa shape index (κ2) is 5.45. The Bertz CT molecular complexity index is 729. The summed E-state index contributed by atoms with van der Waals surface area (Å²) in [5, 5.41) is 0. The third-order valence-corrected chi connectivity index (χ3v) is 4.59. The molecule has 1 spiro atoms. The zero-order chi connectivity index (χ0) is 15.0. The van der Waals surface area contributed by atoms with Crippen molar-refractivity contribution in [1.82, 2.24) is 5.48 Å². The highest BCUT2D eigenvalue weighted by Crippen LogP contribution is 2.44. The molecule has 22 heavy (non-hydrogen) atoms. The van der Waals surface area contributed by atoms with Crippen LogP contribution in [0.1, 0.15) is 24.0 Å². The number of aryl methyl sites for hydroxylation is 1. The molecular formula is C18H16BrNO2. The summed E-state index contributed by atoms with van der Waals surface area (Å²) < 4.78 is 6.83. The lowest BCUT2D eigenvalue weighted by Crippen LogP contribution is -2.31. The van der Waals surface area contributed by atoms with Gasteiger partial charge in [-0.25, -0.2) is 0 Å². The van der Waals surface area contributed by atoms with Crippen LogP contribution in [-0.4, -0.2) is 0 Å². The standard InChI is InChI=1S/C18H16BrNO2/c19-17-12-18(22-20-17)10-4-5-13-11-15(8-9-16(13)18)21-14-6-2-1-3-7-14/h1-3,6-9,11-12,20H,4-5,10H2/t18-/m0/s1. The number of nitrogens with one attached hydrogen (secondary N) is 1. The van der Waals surface area contributed by atoms with E-state index in [2.05, 4.69) is 39.6 Å². The van der Waals surface area contributed by atoms with E-state index >= 15 is 0 Å². The minimum atomic E-state index is -0.350. The molecule has 1 aliphatic heterocycles. The molecule has 3 nitrogen and oxygen atoms in total. The van der Waals surface area contributed by atoms with E-state index in [1.807, 2.05) is 36.4 Å². The number of hydrogen-bond acceptors (Lipinski definition) is 3. The van der Waals surface area contributed by atoms with Crippen LogP contribution in [0.15, 0.2) is 59.2 Å². The van der Waals surface area contributed by atoms with Crippen molar-refractivity contribution in [3.8, 4) is 11.5 Å². The number of para-hydroxylation sites is 1. The monoisotopic (exact) mass is 357 g/mol. The smallest absolute Gasteiger partial charge is 0.142 e. The molecule has 4 rings (SSSR count). The topological polar surface area (TPSA) is 30.5 Å². The fourth-order valence-electron chi connectivity index (χ4n) is 3.21. The summed E-state index contributed by atoms with van der Waals surface area (Å²) in [7, 11) is 0. The van der Waals surface area contributed by atoms with Crippen molar-refractivity contribution in [1.29, 1.82) is 0 Å². The highest BCUT2D eigenvalue weighted by atomic mass is 79.9. The molecule has 112 valence electrons. The molecule has 0 unspecified atom stereocenters. The molecule has 1 atom stereocenters. The van der Waals surface area contributed by atoms with Gasteiger partial charge in [0.2, 0.25) is 0 Å². The van der Waals surface area contributed by atoms with Crippen molar-refractivity contribution < 1.29 is 9.57 Å². The third-order valence-electron chi connectivity index (χ3n) is 4.20. The van der Waals surface area contributed by atoms with E-state index in [0.29, 0.717) is 0 Å². The van der Waals surface area contributed by atoms with Crippen molar-refractivity contribution >= 4 is 15.9 Å². The number of rotatable bonds is 2. The molecule has 2 aromatic rings. The second-order valence-corrected chi connectivity index (χ2v) is 6.53. The quantitative estimate of drug-likeness (QED) is 0.784. The minimum Gasteiger partial charge on any atom is -0.457 e. The molecule has 2 aromatic carbocycles. The molecule has 1 N–H and O–H groups in total. The Hall–Kier alpha value is -1.78. The average Bonchev–Trinajstić information content (AvgIpc) is 2.90. The fraction of sp³-hybridized carbons (Fsp3) is 0.222. The van der Waals surface area contributed by atoms with E-state index in [-0.39, 0.29) is 5.60 Å². The van der Waals surface area contributed by atoms with E-state index in [9.17, 15) is 0 Å². The van der Waals surface area contributed by atoms with Gasteiger partial charge in [0.05, 0.1) is 0 Å². The van der Waals surface area contributed by atoms with Gasteiger partial charge in [-0.05, 0) is 76.7 Å². The Morgan fingerprint density at radius 3 is 2.73 bits per heavy atom. The molecule has 0 saturated carbocycles. The molecule has 0 fully saturated rings. The maximum Gasteiger partial charge on any atom is 0.142 e. The predicted molar refractivity (Wildman–Crippen MR) is 88.8 cm³/mol. The number of hydrogen-bond donors (Lipinski definition) is 1. The van der Waals surface area contributed by atoms with E-state index in [1.165, 1.54) is 11.1 Å². The van der Waals surface area contributed by atoms with Crippen LogP contribution < -0.4 is 10.2 Å². The Balaban J connectivity index is 1.67. The number of halogens is 1. The average molecular weight is 358 g/mol. The number of benzene rings is 2. The molecule has 4 heteroatoms. The Morgan fingerprint density at radius 2 is 1.95 bits per heavy atom. The Labute approximate surface area is 138 Å². The van der Waals surface area contributed by atoms with Crippen LogP contribution in [0.3, 0.4) is 0 Å². The molecule has 0 saturated heterocycles. The molecule has 0 aromatic heterocycles. The van der Waals surface area contributed by atoms with Crippen LogP contribution in [0.2, 0.25) is 0 Å². The van der Waals surface area contributed by atoms with Crippen LogP contribution in [0.5, 0.6) is 11.5 Å². The first kappa shape index (κ1) is 13.9. The summed E-state index contributed by atoms with van der Waals surface area (Å²) >= 11 is 3.46. The lowest BCUT2D eigenvalue weighted by molar-refractivity contribution is -0.0522. The number of ether oxygens (including phenoxy) is 1. The zero-order valence-electron chi connectivity index (χ0n) is 12.0. The zero-order valence-corrected chi connectivity index (χ0v) is 13.6. The highest BCUT2D eigenvalue weighted by molar-refractivity contribution is 9.11. The van der Waals surface area contributed by atoms with Crippen molar-refractivity contribution in [2.75, 3.05) is 0 Å². The molecule has 2 aliphatic rings. The SMILES string of the molecule is BrC1=C[C@]2(CCCc3cc(Oc4ccccc4)ccc32)ON1. The molecular weight excluding hydrogens is 342 g/mol. The van der Waals surface area contributed by atoms with Crippen LogP contribution in [0, 0.1) is 0 Å². The first-order chi connectivity index (χ1) is 10.8. The lowest BCUT2D eigenvalue weighted by Gasteiger charge is -2.32. The van der Waals surface area contributed by atoms with E-state index in [0.717, 1.165) is 35.4 Å². The van der Waals surface area contributed by atoms with E-state index < -0.39 is 0 Å². The van der Waals surface area contributed by atoms with Gasteiger partial charge < -0.3 is 4.74 Å². The van der Waals surface area contributed by atoms with Crippen LogP contribution in [-0.2, 0) is 16.9 Å².